The van der Waals surface area contributed by atoms with Crippen LogP contribution in [-0.4, -0.2) is 59.1 Å². The molecule has 190 valence electrons. The predicted octanol–water partition coefficient (Wildman–Crippen LogP) is 5.11. The maximum absolute atomic E-state index is 13.6. The largest absolute Gasteiger partial charge is 0.460 e. The Morgan fingerprint density at radius 1 is 0.667 bits per heavy atom. The first-order chi connectivity index (χ1) is 14.5. The van der Waals surface area contributed by atoms with Crippen LogP contribution in [0.4, 0.5) is 65.9 Å². The van der Waals surface area contributed by atoms with E-state index in [-0.39, 0.29) is 5.56 Å². The summed E-state index contributed by atoms with van der Waals surface area (Å²) in [7, 11) is 0. The van der Waals surface area contributed by atoms with Gasteiger partial charge in [0.2, 0.25) is 0 Å². The summed E-state index contributed by atoms with van der Waals surface area (Å²) in [6.07, 6.45) is -5.85. The van der Waals surface area contributed by atoms with Gasteiger partial charge in [-0.2, -0.15) is 65.9 Å². The first kappa shape index (κ1) is 28.6. The second-order valence-corrected chi connectivity index (χ2v) is 6.31. The fraction of sp³-hybridized carbons (Fsp3) is 0.600. The lowest BCUT2D eigenvalue weighted by Gasteiger charge is -2.41. The van der Waals surface area contributed by atoms with E-state index in [4.69, 9.17) is 0 Å². The van der Waals surface area contributed by atoms with Crippen molar-refractivity contribution < 1.29 is 70.7 Å². The van der Waals surface area contributed by atoms with Crippen LogP contribution < -0.4 is 5.32 Å². The van der Waals surface area contributed by atoms with Gasteiger partial charge in [0.05, 0.1) is 0 Å². The Bertz CT molecular complexity index is 835. The summed E-state index contributed by atoms with van der Waals surface area (Å²) in [4.78, 5) is 14.8. The standard InChI is InChI=1S/C15H9F15N2O/c16-9(17,8(33)32-6-3-7-1-4-31-5-2-7)10(18,19)11(20,21)12(22,23)13(24,25)14(26,27)15(28,29)30/h1-2,4-5H,3,6H2,(H,32,33). The lowest BCUT2D eigenvalue weighted by Crippen LogP contribution is -2.74. The minimum absolute atomic E-state index is 0.200. The highest BCUT2D eigenvalue weighted by atomic mass is 19.4. The van der Waals surface area contributed by atoms with Crippen molar-refractivity contribution in [2.75, 3.05) is 6.54 Å². The summed E-state index contributed by atoms with van der Waals surface area (Å²) in [5, 5.41) is 0.911. The van der Waals surface area contributed by atoms with Gasteiger partial charge in [0, 0.05) is 18.9 Å². The van der Waals surface area contributed by atoms with E-state index in [1.165, 1.54) is 12.1 Å². The third-order valence-corrected chi connectivity index (χ3v) is 4.06. The van der Waals surface area contributed by atoms with E-state index >= 15 is 0 Å². The van der Waals surface area contributed by atoms with Gasteiger partial charge in [0.15, 0.2) is 0 Å². The predicted molar refractivity (Wildman–Crippen MR) is 76.7 cm³/mol. The molecule has 0 saturated carbocycles. The summed E-state index contributed by atoms with van der Waals surface area (Å²) in [6, 6.07) is 2.41. The normalized spacial score (nSPS) is 14.9. The highest BCUT2D eigenvalue weighted by molar-refractivity contribution is 5.84. The molecule has 0 aliphatic rings. The van der Waals surface area contributed by atoms with Gasteiger partial charge in [-0.05, 0) is 24.1 Å². The molecule has 1 rings (SSSR count). The van der Waals surface area contributed by atoms with Gasteiger partial charge in [-0.15, -0.1) is 0 Å². The van der Waals surface area contributed by atoms with Crippen molar-refractivity contribution in [2.45, 2.75) is 48.1 Å². The molecule has 0 aliphatic heterocycles. The number of aromatic nitrogens is 1. The van der Waals surface area contributed by atoms with Gasteiger partial charge in [0.25, 0.3) is 5.91 Å². The Kier molecular flexibility index (Phi) is 7.29. The summed E-state index contributed by atoms with van der Waals surface area (Å²) in [5.41, 5.74) is 0.200. The Labute approximate surface area is 172 Å². The molecular weight excluding hydrogens is 509 g/mol. The van der Waals surface area contributed by atoms with Crippen LogP contribution in [0.2, 0.25) is 0 Å². The average molecular weight is 518 g/mol. The van der Waals surface area contributed by atoms with Gasteiger partial charge in [-0.25, -0.2) is 0 Å². The van der Waals surface area contributed by atoms with Crippen molar-refractivity contribution >= 4 is 5.91 Å². The summed E-state index contributed by atoms with van der Waals surface area (Å²) in [5.74, 6) is -51.4. The van der Waals surface area contributed by atoms with Crippen molar-refractivity contribution in [1.82, 2.24) is 10.3 Å². The molecule has 1 aromatic heterocycles. The zero-order valence-corrected chi connectivity index (χ0v) is 15.2. The fourth-order valence-corrected chi connectivity index (χ4v) is 2.09. The third-order valence-electron chi connectivity index (χ3n) is 4.06. The molecule has 1 heterocycles. The van der Waals surface area contributed by atoms with Crippen molar-refractivity contribution in [3.63, 3.8) is 0 Å². The number of amides is 1. The van der Waals surface area contributed by atoms with Gasteiger partial charge >= 0.3 is 41.7 Å². The molecule has 0 aliphatic carbocycles. The molecule has 1 aromatic rings. The Hall–Kier alpha value is -2.43. The number of nitrogens with zero attached hydrogens (tertiary/aromatic N) is 1. The van der Waals surface area contributed by atoms with Crippen LogP contribution in [-0.2, 0) is 11.2 Å². The maximum Gasteiger partial charge on any atom is 0.460 e. The van der Waals surface area contributed by atoms with Crippen LogP contribution in [0.1, 0.15) is 5.56 Å². The molecule has 0 spiro atoms. The summed E-state index contributed by atoms with van der Waals surface area (Å²) in [6.45, 7) is -1.03. The zero-order chi connectivity index (χ0) is 26.3. The van der Waals surface area contributed by atoms with Crippen LogP contribution in [0.25, 0.3) is 0 Å². The number of pyridine rings is 1. The number of nitrogens with one attached hydrogen (secondary N) is 1. The molecule has 18 heteroatoms. The lowest BCUT2D eigenvalue weighted by molar-refractivity contribution is -0.449. The van der Waals surface area contributed by atoms with Crippen molar-refractivity contribution in [2.24, 2.45) is 0 Å². The number of hydrogen-bond donors (Lipinski definition) is 1. The zero-order valence-electron chi connectivity index (χ0n) is 15.2. The maximum atomic E-state index is 13.6. The quantitative estimate of drug-likeness (QED) is 0.462. The smallest absolute Gasteiger partial charge is 0.350 e. The number of rotatable bonds is 9. The highest BCUT2D eigenvalue weighted by Gasteiger charge is 2.94. The lowest BCUT2D eigenvalue weighted by atomic mass is 9.91. The second kappa shape index (κ2) is 8.41. The number of carbonyl (C=O) groups excluding carboxylic acids is 1. The van der Waals surface area contributed by atoms with E-state index in [0.717, 1.165) is 17.7 Å². The molecule has 3 nitrogen and oxygen atoms in total. The SMILES string of the molecule is O=C(NCCc1ccncc1)C(F)(F)C(F)(F)C(F)(F)C(F)(F)C(F)(F)C(F)(F)C(F)(F)F. The van der Waals surface area contributed by atoms with Crippen LogP contribution >= 0.6 is 0 Å². The molecule has 0 bridgehead atoms. The summed E-state index contributed by atoms with van der Waals surface area (Å²) < 4.78 is 196. The minimum Gasteiger partial charge on any atom is -0.350 e. The average Bonchev–Trinajstić information content (AvgIpc) is 2.66. The topological polar surface area (TPSA) is 42.0 Å². The molecule has 0 fully saturated rings. The first-order valence-corrected chi connectivity index (χ1v) is 8.01. The van der Waals surface area contributed by atoms with E-state index in [0.29, 0.717) is 0 Å². The molecule has 0 unspecified atom stereocenters. The number of carbonyl (C=O) groups is 1. The molecule has 0 radical (unpaired) electrons. The van der Waals surface area contributed by atoms with E-state index < -0.39 is 60.6 Å². The molecular formula is C15H9F15N2O. The Balaban J connectivity index is 3.26. The van der Waals surface area contributed by atoms with E-state index in [2.05, 4.69) is 4.98 Å². The van der Waals surface area contributed by atoms with Crippen LogP contribution in [0.5, 0.6) is 0 Å². The third kappa shape index (κ3) is 4.39. The van der Waals surface area contributed by atoms with Gasteiger partial charge < -0.3 is 5.32 Å². The number of alkyl halides is 15. The number of hydrogen-bond acceptors (Lipinski definition) is 2. The Morgan fingerprint density at radius 2 is 1.06 bits per heavy atom. The van der Waals surface area contributed by atoms with E-state index in [1.54, 1.807) is 0 Å². The van der Waals surface area contributed by atoms with Crippen LogP contribution in [0.3, 0.4) is 0 Å². The van der Waals surface area contributed by atoms with Crippen LogP contribution in [0, 0.1) is 0 Å². The molecule has 1 amide bonds. The van der Waals surface area contributed by atoms with Gasteiger partial charge in [-0.1, -0.05) is 0 Å². The van der Waals surface area contributed by atoms with Crippen molar-refractivity contribution in [3.05, 3.63) is 30.1 Å². The molecule has 0 aromatic carbocycles. The molecule has 33 heavy (non-hydrogen) atoms. The van der Waals surface area contributed by atoms with Crippen LogP contribution in [0.15, 0.2) is 24.5 Å². The number of halogens is 15. The minimum atomic E-state index is -8.43. The molecule has 0 saturated heterocycles. The highest BCUT2D eigenvalue weighted by Crippen LogP contribution is 2.62. The summed E-state index contributed by atoms with van der Waals surface area (Å²) >= 11 is 0. The Morgan fingerprint density at radius 3 is 1.48 bits per heavy atom. The fourth-order valence-electron chi connectivity index (χ4n) is 2.09. The second-order valence-electron chi connectivity index (χ2n) is 6.31. The molecule has 1 N–H and O–H groups in total. The van der Waals surface area contributed by atoms with E-state index in [9.17, 15) is 70.7 Å². The van der Waals surface area contributed by atoms with Gasteiger partial charge in [0.1, 0.15) is 0 Å². The monoisotopic (exact) mass is 518 g/mol. The van der Waals surface area contributed by atoms with Gasteiger partial charge in [-0.3, -0.25) is 9.78 Å². The van der Waals surface area contributed by atoms with E-state index in [1.807, 2.05) is 0 Å². The van der Waals surface area contributed by atoms with Crippen molar-refractivity contribution in [1.29, 1.82) is 0 Å². The molecule has 0 atom stereocenters. The van der Waals surface area contributed by atoms with Crippen molar-refractivity contribution in [3.8, 4) is 0 Å². The first-order valence-electron chi connectivity index (χ1n) is 8.01.